The van der Waals surface area contributed by atoms with Gasteiger partial charge >= 0.3 is 0 Å². The van der Waals surface area contributed by atoms with Crippen molar-refractivity contribution in [3.63, 3.8) is 0 Å². The molecule has 0 amide bonds. The number of nitrogens with one attached hydrogen (secondary N) is 1. The largest absolute Gasteiger partial charge is 0.398 e. The molecule has 1 heterocycles. The smallest absolute Gasteiger partial charge is 0.133 e. The zero-order valence-electron chi connectivity index (χ0n) is 9.87. The van der Waals surface area contributed by atoms with Gasteiger partial charge in [0, 0.05) is 34.6 Å². The van der Waals surface area contributed by atoms with Crippen LogP contribution in [0.5, 0.6) is 0 Å². The van der Waals surface area contributed by atoms with E-state index in [-0.39, 0.29) is 0 Å². The molecule has 0 atom stereocenters. The maximum atomic E-state index is 5.99. The van der Waals surface area contributed by atoms with Gasteiger partial charge in [-0.1, -0.05) is 29.3 Å². The zero-order chi connectivity index (χ0) is 13.1. The third kappa shape index (κ3) is 2.68. The second kappa shape index (κ2) is 5.46. The van der Waals surface area contributed by atoms with Gasteiger partial charge in [-0.2, -0.15) is 0 Å². The van der Waals surface area contributed by atoms with Crippen molar-refractivity contribution < 1.29 is 0 Å². The molecule has 0 aliphatic carbocycles. The monoisotopic (exact) mass is 281 g/mol. The van der Waals surface area contributed by atoms with E-state index in [2.05, 4.69) is 10.3 Å². The normalized spacial score (nSPS) is 10.4. The van der Waals surface area contributed by atoms with Crippen LogP contribution in [0.4, 0.5) is 11.5 Å². The van der Waals surface area contributed by atoms with Crippen molar-refractivity contribution in [2.75, 3.05) is 17.6 Å². The van der Waals surface area contributed by atoms with Crippen LogP contribution in [0.25, 0.3) is 11.1 Å². The highest BCUT2D eigenvalue weighted by molar-refractivity contribution is 6.31. The third-order valence-electron chi connectivity index (χ3n) is 2.50. The second-order valence-corrected chi connectivity index (χ2v) is 4.68. The predicted molar refractivity (Wildman–Crippen MR) is 78.3 cm³/mol. The molecule has 1 aromatic heterocycles. The van der Waals surface area contributed by atoms with Gasteiger partial charge in [0.15, 0.2) is 0 Å². The van der Waals surface area contributed by atoms with E-state index >= 15 is 0 Å². The van der Waals surface area contributed by atoms with Gasteiger partial charge in [-0.15, -0.1) is 0 Å². The van der Waals surface area contributed by atoms with Crippen LogP contribution < -0.4 is 11.1 Å². The molecule has 0 fully saturated rings. The van der Waals surface area contributed by atoms with E-state index in [1.165, 1.54) is 0 Å². The molecule has 0 aliphatic heterocycles. The topological polar surface area (TPSA) is 50.9 Å². The number of benzene rings is 1. The molecule has 0 unspecified atom stereocenters. The van der Waals surface area contributed by atoms with Crippen LogP contribution in [0.3, 0.4) is 0 Å². The standard InChI is InChI=1S/C13H13Cl2N3/c1-2-17-13-11(5-9(15)7-18-13)10-4-3-8(14)6-12(10)16/h3-7H,2,16H2,1H3,(H,17,18). The summed E-state index contributed by atoms with van der Waals surface area (Å²) >= 11 is 11.9. The van der Waals surface area contributed by atoms with Crippen molar-refractivity contribution in [3.8, 4) is 11.1 Å². The fraction of sp³-hybridized carbons (Fsp3) is 0.154. The fourth-order valence-electron chi connectivity index (χ4n) is 1.73. The van der Waals surface area contributed by atoms with Crippen molar-refractivity contribution in [1.29, 1.82) is 0 Å². The van der Waals surface area contributed by atoms with Crippen LogP contribution in [0.15, 0.2) is 30.5 Å². The van der Waals surface area contributed by atoms with Gasteiger partial charge in [0.2, 0.25) is 0 Å². The van der Waals surface area contributed by atoms with Gasteiger partial charge in [0.1, 0.15) is 5.82 Å². The van der Waals surface area contributed by atoms with Gasteiger partial charge in [-0.05, 0) is 25.1 Å². The molecule has 2 aromatic rings. The Balaban J connectivity index is 2.57. The molecule has 94 valence electrons. The SMILES string of the molecule is CCNc1ncc(Cl)cc1-c1ccc(Cl)cc1N. The van der Waals surface area contributed by atoms with Crippen LogP contribution in [-0.2, 0) is 0 Å². The highest BCUT2D eigenvalue weighted by atomic mass is 35.5. The molecule has 0 spiro atoms. The molecule has 0 saturated carbocycles. The summed E-state index contributed by atoms with van der Waals surface area (Å²) in [6, 6.07) is 7.22. The zero-order valence-corrected chi connectivity index (χ0v) is 11.4. The first-order valence-electron chi connectivity index (χ1n) is 5.56. The number of anilines is 2. The summed E-state index contributed by atoms with van der Waals surface area (Å²) in [6.07, 6.45) is 1.61. The summed E-state index contributed by atoms with van der Waals surface area (Å²) in [6.45, 7) is 2.78. The van der Waals surface area contributed by atoms with Gasteiger partial charge in [-0.3, -0.25) is 0 Å². The van der Waals surface area contributed by atoms with E-state index in [9.17, 15) is 0 Å². The number of nitrogen functional groups attached to an aromatic ring is 1. The molecule has 1 aromatic carbocycles. The number of nitrogens with two attached hydrogens (primary N) is 1. The van der Waals surface area contributed by atoms with Crippen LogP contribution in [0.1, 0.15) is 6.92 Å². The summed E-state index contributed by atoms with van der Waals surface area (Å²) in [5, 5.41) is 4.36. The Labute approximate surface area is 116 Å². The highest BCUT2D eigenvalue weighted by Crippen LogP contribution is 2.34. The summed E-state index contributed by atoms with van der Waals surface area (Å²) < 4.78 is 0. The first-order valence-corrected chi connectivity index (χ1v) is 6.32. The van der Waals surface area contributed by atoms with E-state index in [1.54, 1.807) is 18.3 Å². The minimum absolute atomic E-state index is 0.570. The number of pyridine rings is 1. The molecule has 3 nitrogen and oxygen atoms in total. The van der Waals surface area contributed by atoms with Crippen molar-refractivity contribution >= 4 is 34.7 Å². The summed E-state index contributed by atoms with van der Waals surface area (Å²) in [4.78, 5) is 4.28. The lowest BCUT2D eigenvalue weighted by atomic mass is 10.0. The highest BCUT2D eigenvalue weighted by Gasteiger charge is 2.10. The summed E-state index contributed by atoms with van der Waals surface area (Å²) in [5.41, 5.74) is 8.33. The molecule has 5 heteroatoms. The van der Waals surface area contributed by atoms with Crippen LogP contribution in [-0.4, -0.2) is 11.5 Å². The third-order valence-corrected chi connectivity index (χ3v) is 2.94. The molecule has 18 heavy (non-hydrogen) atoms. The Kier molecular flexibility index (Phi) is 3.94. The predicted octanol–water partition coefficient (Wildman–Crippen LogP) is 4.07. The Morgan fingerprint density at radius 1 is 1.17 bits per heavy atom. The Hall–Kier alpha value is -1.45. The Bertz CT molecular complexity index is 570. The lowest BCUT2D eigenvalue weighted by Crippen LogP contribution is -2.02. The molecular formula is C13H13Cl2N3. The maximum Gasteiger partial charge on any atom is 0.133 e. The lowest BCUT2D eigenvalue weighted by molar-refractivity contribution is 1.16. The Morgan fingerprint density at radius 3 is 2.61 bits per heavy atom. The molecule has 0 aliphatic rings. The molecule has 0 saturated heterocycles. The van der Waals surface area contributed by atoms with Gasteiger partial charge in [-0.25, -0.2) is 4.98 Å². The number of halogens is 2. The second-order valence-electron chi connectivity index (χ2n) is 3.81. The van der Waals surface area contributed by atoms with E-state index in [1.807, 2.05) is 19.1 Å². The van der Waals surface area contributed by atoms with Gasteiger partial charge in [0.25, 0.3) is 0 Å². The van der Waals surface area contributed by atoms with E-state index < -0.39 is 0 Å². The summed E-state index contributed by atoms with van der Waals surface area (Å²) in [5.74, 6) is 0.760. The van der Waals surface area contributed by atoms with Crippen molar-refractivity contribution in [2.45, 2.75) is 6.92 Å². The summed E-state index contributed by atoms with van der Waals surface area (Å²) in [7, 11) is 0. The number of aromatic nitrogens is 1. The minimum Gasteiger partial charge on any atom is -0.398 e. The van der Waals surface area contributed by atoms with Crippen molar-refractivity contribution in [3.05, 3.63) is 40.5 Å². The average molecular weight is 282 g/mol. The van der Waals surface area contributed by atoms with Crippen molar-refractivity contribution in [2.24, 2.45) is 0 Å². The first kappa shape index (κ1) is 13.0. The Morgan fingerprint density at radius 2 is 1.94 bits per heavy atom. The van der Waals surface area contributed by atoms with Gasteiger partial charge < -0.3 is 11.1 Å². The molecule has 2 rings (SSSR count). The van der Waals surface area contributed by atoms with E-state index in [4.69, 9.17) is 28.9 Å². The quantitative estimate of drug-likeness (QED) is 0.834. The fourth-order valence-corrected chi connectivity index (χ4v) is 2.07. The number of rotatable bonds is 3. The number of nitrogens with zero attached hydrogens (tertiary/aromatic N) is 1. The van der Waals surface area contributed by atoms with Crippen molar-refractivity contribution in [1.82, 2.24) is 4.98 Å². The number of hydrogen-bond donors (Lipinski definition) is 2. The first-order chi connectivity index (χ1) is 8.61. The molecule has 0 radical (unpaired) electrons. The van der Waals surface area contributed by atoms with Crippen LogP contribution >= 0.6 is 23.2 Å². The van der Waals surface area contributed by atoms with E-state index in [0.717, 1.165) is 23.5 Å². The maximum absolute atomic E-state index is 5.99. The van der Waals surface area contributed by atoms with Crippen LogP contribution in [0, 0.1) is 0 Å². The molecule has 0 bridgehead atoms. The van der Waals surface area contributed by atoms with Gasteiger partial charge in [0.05, 0.1) is 5.02 Å². The molecular weight excluding hydrogens is 269 g/mol. The number of hydrogen-bond acceptors (Lipinski definition) is 3. The van der Waals surface area contributed by atoms with E-state index in [0.29, 0.717) is 15.7 Å². The minimum atomic E-state index is 0.570. The molecule has 3 N–H and O–H groups in total. The van der Waals surface area contributed by atoms with Crippen LogP contribution in [0.2, 0.25) is 10.0 Å². The lowest BCUT2D eigenvalue weighted by Gasteiger charge is -2.12. The average Bonchev–Trinajstić information content (AvgIpc) is 2.32.